The maximum atomic E-state index is 2.35. The summed E-state index contributed by atoms with van der Waals surface area (Å²) < 4.78 is 3.65. The second-order valence-electron chi connectivity index (χ2n) is 4.05. The Hall–Kier alpha value is 0.133. The van der Waals surface area contributed by atoms with Crippen molar-refractivity contribution < 1.29 is 23.2 Å². The molecule has 0 aromatic rings. The van der Waals surface area contributed by atoms with Crippen LogP contribution in [0, 0.1) is 0 Å². The van der Waals surface area contributed by atoms with Crippen molar-refractivity contribution in [1.82, 2.24) is 0 Å². The third-order valence-electron chi connectivity index (χ3n) is 3.12. The predicted octanol–water partition coefficient (Wildman–Crippen LogP) is 4.74. The molecule has 0 fully saturated rings. The van der Waals surface area contributed by atoms with Crippen LogP contribution in [0.1, 0.15) is 39.5 Å². The van der Waals surface area contributed by atoms with Crippen LogP contribution in [-0.4, -0.2) is 0 Å². The van der Waals surface area contributed by atoms with Gasteiger partial charge in [0.1, 0.15) is 0 Å². The van der Waals surface area contributed by atoms with E-state index in [9.17, 15) is 0 Å². The quantitative estimate of drug-likeness (QED) is 0.703. The second-order valence-corrected chi connectivity index (χ2v) is 7.63. The van der Waals surface area contributed by atoms with E-state index in [0.717, 1.165) is 0 Å². The molecule has 0 amide bonds. The minimum Gasteiger partial charge on any atom is -0.147 e. The fourth-order valence-electron chi connectivity index (χ4n) is 2.21. The minimum atomic E-state index is -0.417. The van der Waals surface area contributed by atoms with Crippen molar-refractivity contribution in [2.75, 3.05) is 0 Å². The summed E-state index contributed by atoms with van der Waals surface area (Å²) in [6.07, 6.45) is 14.4. The molecule has 2 aliphatic carbocycles. The molecule has 0 heterocycles. The third kappa shape index (κ3) is 3.08. The molecule has 0 saturated heterocycles. The molecule has 86 valence electrons. The number of rotatable bonds is 4. The summed E-state index contributed by atoms with van der Waals surface area (Å²) in [5.41, 5.74) is 3.30. The molecule has 2 aliphatic rings. The summed E-state index contributed by atoms with van der Waals surface area (Å²) in [5.74, 6) is 0. The summed E-state index contributed by atoms with van der Waals surface area (Å²) >= 11 is -0.417. The maximum Gasteiger partial charge on any atom is -0.147 e. The van der Waals surface area contributed by atoms with Crippen molar-refractivity contribution in [1.29, 1.82) is 0 Å². The molecule has 0 unspecified atom stereocenters. The van der Waals surface area contributed by atoms with E-state index in [-0.39, 0.29) is 12.4 Å². The molecule has 2 rings (SSSR count). The van der Waals surface area contributed by atoms with E-state index in [1.54, 1.807) is 11.1 Å². The Labute approximate surface area is 117 Å². The van der Waals surface area contributed by atoms with Gasteiger partial charge in [-0.05, 0) is 0 Å². The van der Waals surface area contributed by atoms with Crippen molar-refractivity contribution in [2.24, 2.45) is 0 Å². The molecule has 0 spiro atoms. The van der Waals surface area contributed by atoms with Gasteiger partial charge in [-0.3, -0.25) is 0 Å². The van der Waals surface area contributed by atoms with Crippen molar-refractivity contribution in [3.63, 3.8) is 0 Å². The average molecular weight is 314 g/mol. The van der Waals surface area contributed by atoms with Crippen molar-refractivity contribution in [3.8, 4) is 0 Å². The Morgan fingerprint density at radius 3 is 1.75 bits per heavy atom. The normalized spacial score (nSPS) is 18.4. The zero-order valence-electron chi connectivity index (χ0n) is 10.0. The smallest absolute Gasteiger partial charge is 0.147 e. The molecular formula is C14H19ClZr. The molecule has 0 bridgehead atoms. The standard InChI is InChI=1S/2C7H9.ClH.Zr/c2*1-2-7-5-3-4-6-7;;/h2*3,5H,2,4H2,1H3;1H;. The average Bonchev–Trinajstić information content (AvgIpc) is 2.87. The van der Waals surface area contributed by atoms with Crippen LogP contribution >= 0.6 is 12.4 Å². The van der Waals surface area contributed by atoms with Crippen LogP contribution < -0.4 is 0 Å². The van der Waals surface area contributed by atoms with Crippen LogP contribution in [0.4, 0.5) is 0 Å². The molecule has 2 heteroatoms. The molecule has 0 saturated carbocycles. The molecular weight excluding hydrogens is 295 g/mol. The van der Waals surface area contributed by atoms with E-state index < -0.39 is 23.2 Å². The summed E-state index contributed by atoms with van der Waals surface area (Å²) in [7, 11) is 0. The van der Waals surface area contributed by atoms with Gasteiger partial charge < -0.3 is 0 Å². The van der Waals surface area contributed by atoms with E-state index in [1.807, 2.05) is 6.56 Å². The fourth-order valence-corrected chi connectivity index (χ4v) is 6.25. The predicted molar refractivity (Wildman–Crippen MR) is 69.4 cm³/mol. The number of hydrogen-bond acceptors (Lipinski definition) is 0. The maximum absolute atomic E-state index is 2.35. The molecule has 0 aromatic heterocycles. The van der Waals surface area contributed by atoms with Gasteiger partial charge in [-0.25, -0.2) is 0 Å². The SMILES string of the molecule is CCC1=[C]([Zr][C]2=C(CC)C=CC2)CC=C1.Cl. The van der Waals surface area contributed by atoms with E-state index >= 15 is 0 Å². The number of hydrogen-bond donors (Lipinski definition) is 0. The second kappa shape index (κ2) is 6.77. The van der Waals surface area contributed by atoms with Gasteiger partial charge in [-0.15, -0.1) is 12.4 Å². The third-order valence-corrected chi connectivity index (χ3v) is 7.19. The molecule has 0 radical (unpaired) electrons. The van der Waals surface area contributed by atoms with E-state index in [2.05, 4.69) is 38.2 Å². The molecule has 0 aliphatic heterocycles. The first-order valence-electron chi connectivity index (χ1n) is 5.89. The van der Waals surface area contributed by atoms with Gasteiger partial charge in [0.05, 0.1) is 0 Å². The van der Waals surface area contributed by atoms with Crippen LogP contribution in [0.25, 0.3) is 0 Å². The Morgan fingerprint density at radius 2 is 1.38 bits per heavy atom. The monoisotopic (exact) mass is 312 g/mol. The first-order chi connectivity index (χ1) is 7.35. The topological polar surface area (TPSA) is 0 Å². The van der Waals surface area contributed by atoms with Gasteiger partial charge in [0.25, 0.3) is 0 Å². The molecule has 0 N–H and O–H groups in total. The number of halogens is 1. The van der Waals surface area contributed by atoms with Crippen molar-refractivity contribution in [3.05, 3.63) is 42.0 Å². The van der Waals surface area contributed by atoms with Gasteiger partial charge in [0.2, 0.25) is 0 Å². The van der Waals surface area contributed by atoms with Gasteiger partial charge in [-0.2, -0.15) is 0 Å². The Bertz CT molecular complexity index is 336. The Kier molecular flexibility index (Phi) is 6.00. The van der Waals surface area contributed by atoms with E-state index in [4.69, 9.17) is 0 Å². The van der Waals surface area contributed by atoms with Gasteiger partial charge in [-0.1, -0.05) is 0 Å². The van der Waals surface area contributed by atoms with Crippen LogP contribution in [0.15, 0.2) is 42.0 Å². The number of allylic oxidation sites excluding steroid dienone is 8. The van der Waals surface area contributed by atoms with E-state index in [1.165, 1.54) is 25.7 Å². The molecule has 16 heavy (non-hydrogen) atoms. The van der Waals surface area contributed by atoms with Crippen LogP contribution in [-0.2, 0) is 23.2 Å². The summed E-state index contributed by atoms with van der Waals surface area (Å²) in [4.78, 5) is 0. The van der Waals surface area contributed by atoms with Gasteiger partial charge in [0.15, 0.2) is 0 Å². The first-order valence-corrected chi connectivity index (χ1v) is 8.35. The summed E-state index contributed by atoms with van der Waals surface area (Å²) in [6, 6.07) is 0. The zero-order valence-corrected chi connectivity index (χ0v) is 13.3. The van der Waals surface area contributed by atoms with Gasteiger partial charge >= 0.3 is 105 Å². The van der Waals surface area contributed by atoms with Gasteiger partial charge in [0, 0.05) is 0 Å². The summed E-state index contributed by atoms with van der Waals surface area (Å²) in [6.45, 7) is 4.57. The largest absolute Gasteiger partial charge is 0.147 e. The Balaban J connectivity index is 0.00000128. The molecule has 0 nitrogen and oxygen atoms in total. The fraction of sp³-hybridized carbons (Fsp3) is 0.429. The van der Waals surface area contributed by atoms with Crippen LogP contribution in [0.5, 0.6) is 0 Å². The van der Waals surface area contributed by atoms with Crippen LogP contribution in [0.2, 0.25) is 0 Å². The van der Waals surface area contributed by atoms with E-state index in [0.29, 0.717) is 0 Å². The first kappa shape index (κ1) is 14.2. The van der Waals surface area contributed by atoms with Crippen molar-refractivity contribution >= 4 is 12.4 Å². The van der Waals surface area contributed by atoms with Crippen molar-refractivity contribution in [2.45, 2.75) is 39.5 Å². The molecule has 0 atom stereocenters. The van der Waals surface area contributed by atoms with Crippen LogP contribution in [0.3, 0.4) is 0 Å². The summed E-state index contributed by atoms with van der Waals surface area (Å²) in [5, 5.41) is 0. The molecule has 0 aromatic carbocycles. The Morgan fingerprint density at radius 1 is 0.938 bits per heavy atom. The minimum absolute atomic E-state index is 0. The zero-order chi connectivity index (χ0) is 10.7.